The van der Waals surface area contributed by atoms with E-state index in [9.17, 15) is 0 Å². The highest BCUT2D eigenvalue weighted by molar-refractivity contribution is 5.64. The van der Waals surface area contributed by atoms with Gasteiger partial charge in [-0.2, -0.15) is 0 Å². The quantitative estimate of drug-likeness (QED) is 0.243. The van der Waals surface area contributed by atoms with Crippen LogP contribution < -0.4 is 18.9 Å². The Kier molecular flexibility index (Phi) is 8.09. The third kappa shape index (κ3) is 6.08. The summed E-state index contributed by atoms with van der Waals surface area (Å²) in [4.78, 5) is 2.48. The van der Waals surface area contributed by atoms with Gasteiger partial charge in [0.25, 0.3) is 5.88 Å². The molecule has 1 aliphatic heterocycles. The summed E-state index contributed by atoms with van der Waals surface area (Å²) in [5.41, 5.74) is 6.95. The Morgan fingerprint density at radius 2 is 1.47 bits per heavy atom. The number of aryl methyl sites for hydroxylation is 1. The second-order valence-corrected chi connectivity index (χ2v) is 9.36. The number of benzene rings is 3. The van der Waals surface area contributed by atoms with E-state index in [2.05, 4.69) is 68.4 Å². The van der Waals surface area contributed by atoms with E-state index in [4.69, 9.17) is 18.9 Å². The van der Waals surface area contributed by atoms with E-state index in [1.54, 1.807) is 21.1 Å². The van der Waals surface area contributed by atoms with Gasteiger partial charge in [0.05, 0.1) is 27.4 Å². The molecule has 1 aliphatic rings. The predicted octanol–water partition coefficient (Wildman–Crippen LogP) is 5.47. The summed E-state index contributed by atoms with van der Waals surface area (Å²) >= 11 is 0. The van der Waals surface area contributed by atoms with Crippen LogP contribution in [0.15, 0.2) is 65.3 Å². The summed E-state index contributed by atoms with van der Waals surface area (Å²) in [6.45, 7) is 5.68. The van der Waals surface area contributed by atoms with Gasteiger partial charge in [0.1, 0.15) is 11.4 Å². The Labute approximate surface area is 223 Å². The van der Waals surface area contributed by atoms with Crippen LogP contribution in [-0.4, -0.2) is 49.2 Å². The fourth-order valence-electron chi connectivity index (χ4n) is 4.65. The topological polar surface area (TPSA) is 79.1 Å². The molecule has 0 saturated heterocycles. The number of hydrogen-bond acceptors (Lipinski definition) is 8. The van der Waals surface area contributed by atoms with Crippen molar-refractivity contribution < 1.29 is 23.6 Å². The molecule has 3 aromatic carbocycles. The Morgan fingerprint density at radius 1 is 0.816 bits per heavy atom. The molecular formula is C30H33N3O5. The van der Waals surface area contributed by atoms with Crippen molar-refractivity contribution in [1.29, 1.82) is 0 Å². The number of nitrogens with zero attached hydrogens (tertiary/aromatic N) is 3. The summed E-state index contributed by atoms with van der Waals surface area (Å²) < 4.78 is 26.9. The molecule has 8 nitrogen and oxygen atoms in total. The maximum atomic E-state index is 5.84. The minimum Gasteiger partial charge on any atom is -0.493 e. The average Bonchev–Trinajstić information content (AvgIpc) is 3.37. The molecule has 0 bridgehead atoms. The maximum absolute atomic E-state index is 5.84. The molecule has 0 saturated carbocycles. The lowest BCUT2D eigenvalue weighted by molar-refractivity contribution is 0.225. The van der Waals surface area contributed by atoms with Crippen molar-refractivity contribution in [3.63, 3.8) is 0 Å². The van der Waals surface area contributed by atoms with Gasteiger partial charge in [0.15, 0.2) is 11.5 Å². The normalized spacial score (nSPS) is 13.1. The lowest BCUT2D eigenvalue weighted by Crippen LogP contribution is -2.30. The van der Waals surface area contributed by atoms with Crippen LogP contribution >= 0.6 is 0 Å². The van der Waals surface area contributed by atoms with E-state index in [1.807, 2.05) is 12.1 Å². The highest BCUT2D eigenvalue weighted by Gasteiger charge is 2.19. The molecule has 38 heavy (non-hydrogen) atoms. The summed E-state index contributed by atoms with van der Waals surface area (Å²) in [5.74, 6) is 2.86. The second-order valence-electron chi connectivity index (χ2n) is 9.36. The summed E-state index contributed by atoms with van der Waals surface area (Å²) in [7, 11) is 3.37. The Bertz CT molecular complexity index is 1340. The maximum Gasteiger partial charge on any atom is 0.278 e. The van der Waals surface area contributed by atoms with Gasteiger partial charge in [-0.1, -0.05) is 41.6 Å². The van der Waals surface area contributed by atoms with Gasteiger partial charge >= 0.3 is 0 Å². The van der Waals surface area contributed by atoms with Gasteiger partial charge in [-0.15, -0.1) is 0 Å². The molecule has 5 rings (SSSR count). The van der Waals surface area contributed by atoms with Crippen LogP contribution in [0.2, 0.25) is 0 Å². The van der Waals surface area contributed by atoms with Crippen LogP contribution in [0, 0.1) is 6.92 Å². The van der Waals surface area contributed by atoms with Crippen LogP contribution in [-0.2, 0) is 19.5 Å². The molecule has 2 heterocycles. The number of fused-ring (bicyclic) bond motifs is 1. The molecule has 4 aromatic rings. The Hall–Kier alpha value is -4.04. The highest BCUT2D eigenvalue weighted by Crippen LogP contribution is 2.33. The fraction of sp³-hybridized carbons (Fsp3) is 0.333. The van der Waals surface area contributed by atoms with Crippen LogP contribution in [0.1, 0.15) is 28.8 Å². The van der Waals surface area contributed by atoms with Crippen molar-refractivity contribution in [2.24, 2.45) is 0 Å². The van der Waals surface area contributed by atoms with Crippen molar-refractivity contribution in [3.05, 3.63) is 83.0 Å². The second kappa shape index (κ2) is 12.0. The molecular weight excluding hydrogens is 482 g/mol. The molecule has 0 fully saturated rings. The molecule has 0 amide bonds. The van der Waals surface area contributed by atoms with E-state index in [1.165, 1.54) is 22.3 Å². The summed E-state index contributed by atoms with van der Waals surface area (Å²) in [6.07, 6.45) is 1.74. The zero-order valence-corrected chi connectivity index (χ0v) is 22.1. The number of hydrogen-bond donors (Lipinski definition) is 0. The van der Waals surface area contributed by atoms with E-state index in [0.717, 1.165) is 55.3 Å². The van der Waals surface area contributed by atoms with Crippen LogP contribution in [0.25, 0.3) is 11.1 Å². The molecule has 0 N–H and O–H groups in total. The van der Waals surface area contributed by atoms with E-state index >= 15 is 0 Å². The summed E-state index contributed by atoms with van der Waals surface area (Å²) in [6, 6.07) is 21.2. The Balaban J connectivity index is 1.11. The van der Waals surface area contributed by atoms with E-state index < -0.39 is 0 Å². The van der Waals surface area contributed by atoms with Crippen LogP contribution in [0.3, 0.4) is 0 Å². The van der Waals surface area contributed by atoms with E-state index in [-0.39, 0.29) is 0 Å². The zero-order valence-electron chi connectivity index (χ0n) is 22.1. The van der Waals surface area contributed by atoms with Crippen molar-refractivity contribution in [1.82, 2.24) is 15.2 Å². The van der Waals surface area contributed by atoms with Crippen molar-refractivity contribution in [2.45, 2.75) is 32.9 Å². The first-order valence-corrected chi connectivity index (χ1v) is 12.8. The predicted molar refractivity (Wildman–Crippen MR) is 144 cm³/mol. The van der Waals surface area contributed by atoms with Gasteiger partial charge in [0, 0.05) is 26.1 Å². The molecule has 0 unspecified atom stereocenters. The molecule has 8 heteroatoms. The molecule has 0 spiro atoms. The van der Waals surface area contributed by atoms with Gasteiger partial charge in [0.2, 0.25) is 0 Å². The zero-order chi connectivity index (χ0) is 26.3. The third-order valence-corrected chi connectivity index (χ3v) is 6.75. The van der Waals surface area contributed by atoms with Crippen molar-refractivity contribution >= 4 is 0 Å². The monoisotopic (exact) mass is 515 g/mol. The number of methoxy groups -OCH3 is 2. The lowest BCUT2D eigenvalue weighted by atomic mass is 9.98. The molecule has 198 valence electrons. The first-order chi connectivity index (χ1) is 18.6. The number of rotatable bonds is 11. The molecule has 1 aromatic heterocycles. The standard InChI is InChI=1S/C30H33N3O5/c1-21-30(32-38-31-21)37-16-4-15-36-27-11-9-24(10-12-27)23-7-5-22(6-8-23)19-33-14-13-25-17-28(34-2)29(35-3)18-26(25)20-33/h5-12,17-18H,4,13-16,19-20H2,1-3H3. The van der Waals surface area contributed by atoms with Gasteiger partial charge < -0.3 is 18.9 Å². The van der Waals surface area contributed by atoms with Gasteiger partial charge in [-0.25, -0.2) is 4.63 Å². The van der Waals surface area contributed by atoms with Gasteiger partial charge in [-0.05, 0) is 70.6 Å². The minimum absolute atomic E-state index is 0.434. The first-order valence-electron chi connectivity index (χ1n) is 12.8. The SMILES string of the molecule is COc1cc2c(cc1OC)CN(Cc1ccc(-c3ccc(OCCCOc4nonc4C)cc3)cc1)CC2. The Morgan fingerprint density at radius 3 is 2.13 bits per heavy atom. The number of ether oxygens (including phenoxy) is 4. The molecule has 0 radical (unpaired) electrons. The minimum atomic E-state index is 0.434. The number of aromatic nitrogens is 2. The van der Waals surface area contributed by atoms with Gasteiger partial charge in [-0.3, -0.25) is 4.90 Å². The lowest BCUT2D eigenvalue weighted by Gasteiger charge is -2.29. The fourth-order valence-corrected chi connectivity index (χ4v) is 4.65. The first kappa shape index (κ1) is 25.6. The third-order valence-electron chi connectivity index (χ3n) is 6.75. The van der Waals surface area contributed by atoms with Crippen molar-refractivity contribution in [3.8, 4) is 34.3 Å². The van der Waals surface area contributed by atoms with Crippen molar-refractivity contribution in [2.75, 3.05) is 34.0 Å². The smallest absolute Gasteiger partial charge is 0.278 e. The largest absolute Gasteiger partial charge is 0.493 e. The molecule has 0 aliphatic carbocycles. The molecule has 0 atom stereocenters. The van der Waals surface area contributed by atoms with E-state index in [0.29, 0.717) is 24.8 Å². The summed E-state index contributed by atoms with van der Waals surface area (Å²) in [5, 5.41) is 7.40. The van der Waals surface area contributed by atoms with Crippen LogP contribution in [0.5, 0.6) is 23.1 Å². The highest BCUT2D eigenvalue weighted by atomic mass is 16.6. The average molecular weight is 516 g/mol. The van der Waals surface area contributed by atoms with Crippen LogP contribution in [0.4, 0.5) is 0 Å².